The van der Waals surface area contributed by atoms with Crippen molar-refractivity contribution in [3.63, 3.8) is 0 Å². The number of rotatable bonds is 4. The number of sulfonamides is 1. The summed E-state index contributed by atoms with van der Waals surface area (Å²) in [5, 5.41) is 0. The van der Waals surface area contributed by atoms with Crippen LogP contribution in [0.15, 0.2) is 58.3 Å². The largest absolute Gasteiger partial charge is 0.280 e. The number of halogens is 1. The molecule has 0 amide bonds. The van der Waals surface area contributed by atoms with E-state index in [-0.39, 0.29) is 4.90 Å². The van der Waals surface area contributed by atoms with E-state index in [0.29, 0.717) is 5.69 Å². The normalized spacial score (nSPS) is 11.3. The van der Waals surface area contributed by atoms with E-state index in [1.54, 1.807) is 18.2 Å². The Balaban J connectivity index is 2.34. The van der Waals surface area contributed by atoms with Crippen LogP contribution < -0.4 is 4.72 Å². The van der Waals surface area contributed by atoms with E-state index in [0.717, 1.165) is 11.0 Å². The molecule has 0 fully saturated rings. The number of hydrogen-bond acceptors (Lipinski definition) is 3. The van der Waals surface area contributed by atoms with Crippen LogP contribution in [0.4, 0.5) is 10.1 Å². The van der Waals surface area contributed by atoms with E-state index >= 15 is 0 Å². The van der Waals surface area contributed by atoms with Gasteiger partial charge in [-0.1, -0.05) is 18.2 Å². The fraction of sp³-hybridized carbons (Fsp3) is 0.0769. The third kappa shape index (κ3) is 3.27. The van der Waals surface area contributed by atoms with E-state index in [1.165, 1.54) is 30.0 Å². The second-order valence-corrected chi connectivity index (χ2v) is 6.30. The molecule has 19 heavy (non-hydrogen) atoms. The third-order valence-electron chi connectivity index (χ3n) is 2.45. The highest BCUT2D eigenvalue weighted by atomic mass is 32.2. The van der Waals surface area contributed by atoms with Crippen molar-refractivity contribution in [2.75, 3.05) is 11.0 Å². The second kappa shape index (κ2) is 5.63. The highest BCUT2D eigenvalue weighted by molar-refractivity contribution is 7.98. The molecule has 0 heterocycles. The summed E-state index contributed by atoms with van der Waals surface area (Å²) in [5.41, 5.74) is 0.412. The SMILES string of the molecule is CSc1cccc(NS(=O)(=O)c2ccccc2F)c1. The highest BCUT2D eigenvalue weighted by Gasteiger charge is 2.18. The van der Waals surface area contributed by atoms with Crippen molar-refractivity contribution in [2.45, 2.75) is 9.79 Å². The molecule has 1 N–H and O–H groups in total. The minimum Gasteiger partial charge on any atom is -0.280 e. The van der Waals surface area contributed by atoms with Crippen LogP contribution in [0, 0.1) is 5.82 Å². The lowest BCUT2D eigenvalue weighted by atomic mass is 10.3. The van der Waals surface area contributed by atoms with Gasteiger partial charge in [-0.05, 0) is 36.6 Å². The molecular weight excluding hydrogens is 285 g/mol. The molecule has 0 atom stereocenters. The molecule has 0 saturated carbocycles. The predicted molar refractivity (Wildman–Crippen MR) is 75.4 cm³/mol. The first-order valence-electron chi connectivity index (χ1n) is 5.44. The van der Waals surface area contributed by atoms with Gasteiger partial charge in [0.15, 0.2) is 0 Å². The zero-order chi connectivity index (χ0) is 13.9. The maximum absolute atomic E-state index is 13.5. The van der Waals surface area contributed by atoms with Crippen LogP contribution in [-0.4, -0.2) is 14.7 Å². The smallest absolute Gasteiger partial charge is 0.264 e. The monoisotopic (exact) mass is 297 g/mol. The van der Waals surface area contributed by atoms with Crippen molar-refractivity contribution in [1.82, 2.24) is 0 Å². The summed E-state index contributed by atoms with van der Waals surface area (Å²) in [6.45, 7) is 0. The first-order valence-corrected chi connectivity index (χ1v) is 8.15. The summed E-state index contributed by atoms with van der Waals surface area (Å²) in [7, 11) is -3.90. The molecule has 0 spiro atoms. The standard InChI is InChI=1S/C13H12FNO2S2/c1-18-11-6-4-5-10(9-11)15-19(16,17)13-8-3-2-7-12(13)14/h2-9,15H,1H3. The highest BCUT2D eigenvalue weighted by Crippen LogP contribution is 2.22. The fourth-order valence-corrected chi connectivity index (χ4v) is 3.15. The molecule has 3 nitrogen and oxygen atoms in total. The molecule has 0 aromatic heterocycles. The van der Waals surface area contributed by atoms with Crippen molar-refractivity contribution in [2.24, 2.45) is 0 Å². The van der Waals surface area contributed by atoms with Gasteiger partial charge in [-0.3, -0.25) is 4.72 Å². The molecule has 6 heteroatoms. The molecule has 2 aromatic rings. The Kier molecular flexibility index (Phi) is 4.11. The Labute approximate surface area is 115 Å². The lowest BCUT2D eigenvalue weighted by Crippen LogP contribution is -2.14. The van der Waals surface area contributed by atoms with Crippen LogP contribution in [-0.2, 0) is 10.0 Å². The van der Waals surface area contributed by atoms with Gasteiger partial charge in [0.2, 0.25) is 0 Å². The van der Waals surface area contributed by atoms with Crippen molar-refractivity contribution in [3.05, 3.63) is 54.3 Å². The van der Waals surface area contributed by atoms with Gasteiger partial charge in [0.05, 0.1) is 0 Å². The molecule has 0 aliphatic heterocycles. The Morgan fingerprint density at radius 1 is 1.11 bits per heavy atom. The fourth-order valence-electron chi connectivity index (χ4n) is 1.56. The quantitative estimate of drug-likeness (QED) is 0.880. The molecule has 0 aliphatic carbocycles. The average Bonchev–Trinajstić information content (AvgIpc) is 2.38. The molecule has 0 bridgehead atoms. The zero-order valence-corrected chi connectivity index (χ0v) is 11.8. The first-order chi connectivity index (χ1) is 9.03. The Bertz CT molecular complexity index is 687. The molecular formula is C13H12FNO2S2. The molecule has 2 aromatic carbocycles. The Morgan fingerprint density at radius 2 is 1.84 bits per heavy atom. The van der Waals surface area contributed by atoms with Crippen LogP contribution in [0.3, 0.4) is 0 Å². The van der Waals surface area contributed by atoms with Crippen molar-refractivity contribution >= 4 is 27.5 Å². The van der Waals surface area contributed by atoms with Crippen LogP contribution in [0.5, 0.6) is 0 Å². The third-order valence-corrected chi connectivity index (χ3v) is 4.59. The lowest BCUT2D eigenvalue weighted by molar-refractivity contribution is 0.570. The van der Waals surface area contributed by atoms with E-state index in [9.17, 15) is 12.8 Å². The summed E-state index contributed by atoms with van der Waals surface area (Å²) in [5.74, 6) is -0.768. The first kappa shape index (κ1) is 13.9. The zero-order valence-electron chi connectivity index (χ0n) is 10.1. The van der Waals surface area contributed by atoms with E-state index in [2.05, 4.69) is 4.72 Å². The molecule has 0 saturated heterocycles. The van der Waals surface area contributed by atoms with Gasteiger partial charge in [-0.25, -0.2) is 12.8 Å². The summed E-state index contributed by atoms with van der Waals surface area (Å²) >= 11 is 1.50. The van der Waals surface area contributed by atoms with Gasteiger partial charge < -0.3 is 0 Å². The Hall–Kier alpha value is -1.53. The topological polar surface area (TPSA) is 46.2 Å². The number of thioether (sulfide) groups is 1. The van der Waals surface area contributed by atoms with Gasteiger partial charge >= 0.3 is 0 Å². The molecule has 2 rings (SSSR count). The van der Waals surface area contributed by atoms with Gasteiger partial charge in [0.25, 0.3) is 10.0 Å². The molecule has 100 valence electrons. The van der Waals surface area contributed by atoms with Gasteiger partial charge in [-0.15, -0.1) is 11.8 Å². The van der Waals surface area contributed by atoms with Crippen molar-refractivity contribution in [1.29, 1.82) is 0 Å². The van der Waals surface area contributed by atoms with E-state index in [4.69, 9.17) is 0 Å². The second-order valence-electron chi connectivity index (χ2n) is 3.77. The average molecular weight is 297 g/mol. The van der Waals surface area contributed by atoms with Crippen molar-refractivity contribution < 1.29 is 12.8 Å². The van der Waals surface area contributed by atoms with Gasteiger partial charge in [-0.2, -0.15) is 0 Å². The number of nitrogens with one attached hydrogen (secondary N) is 1. The summed E-state index contributed by atoms with van der Waals surface area (Å²) < 4.78 is 40.0. The van der Waals surface area contributed by atoms with Gasteiger partial charge in [0.1, 0.15) is 10.7 Å². The molecule has 0 unspecified atom stereocenters. The minimum absolute atomic E-state index is 0.357. The van der Waals surface area contributed by atoms with Crippen LogP contribution in [0.1, 0.15) is 0 Å². The summed E-state index contributed by atoms with van der Waals surface area (Å²) in [6, 6.07) is 12.2. The maximum atomic E-state index is 13.5. The van der Waals surface area contributed by atoms with Crippen LogP contribution in [0.2, 0.25) is 0 Å². The molecule has 0 aliphatic rings. The predicted octanol–water partition coefficient (Wildman–Crippen LogP) is 3.35. The molecule has 0 radical (unpaired) electrons. The summed E-state index contributed by atoms with van der Waals surface area (Å²) in [6.07, 6.45) is 1.89. The number of anilines is 1. The van der Waals surface area contributed by atoms with Crippen LogP contribution in [0.25, 0.3) is 0 Å². The lowest BCUT2D eigenvalue weighted by Gasteiger charge is -2.09. The number of benzene rings is 2. The van der Waals surface area contributed by atoms with E-state index < -0.39 is 15.8 Å². The maximum Gasteiger partial charge on any atom is 0.264 e. The van der Waals surface area contributed by atoms with Gasteiger partial charge in [0, 0.05) is 10.6 Å². The Morgan fingerprint density at radius 3 is 2.53 bits per heavy atom. The van der Waals surface area contributed by atoms with E-state index in [1.807, 2.05) is 12.3 Å². The number of hydrogen-bond donors (Lipinski definition) is 1. The van der Waals surface area contributed by atoms with Crippen molar-refractivity contribution in [3.8, 4) is 0 Å². The summed E-state index contributed by atoms with van der Waals surface area (Å²) in [4.78, 5) is 0.568. The minimum atomic E-state index is -3.90. The van der Waals surface area contributed by atoms with Crippen LogP contribution >= 0.6 is 11.8 Å².